The van der Waals surface area contributed by atoms with Gasteiger partial charge in [0.1, 0.15) is 0 Å². The number of hydrogen-bond donors (Lipinski definition) is 1. The lowest BCUT2D eigenvalue weighted by Gasteiger charge is -2.28. The Morgan fingerprint density at radius 2 is 1.84 bits per heavy atom. The first kappa shape index (κ1) is 14.3. The van der Waals surface area contributed by atoms with Crippen molar-refractivity contribution in [2.45, 2.75) is 49.5 Å². The first-order valence-corrected chi connectivity index (χ1v) is 8.17. The van der Waals surface area contributed by atoms with Crippen LogP contribution in [0.3, 0.4) is 0 Å². The van der Waals surface area contributed by atoms with E-state index >= 15 is 0 Å². The van der Waals surface area contributed by atoms with Gasteiger partial charge in [-0.15, -0.1) is 6.58 Å². The SMILES string of the molecule is C=CCC1(NS(=O)(=O)c2ccc(C)cc2)CCCC1. The molecule has 0 aromatic heterocycles. The van der Waals surface area contributed by atoms with Gasteiger partial charge in [0.25, 0.3) is 0 Å². The van der Waals surface area contributed by atoms with Gasteiger partial charge in [0, 0.05) is 5.54 Å². The Hall–Kier alpha value is -1.13. The van der Waals surface area contributed by atoms with Crippen molar-refractivity contribution in [3.05, 3.63) is 42.5 Å². The minimum absolute atomic E-state index is 0.328. The van der Waals surface area contributed by atoms with Gasteiger partial charge < -0.3 is 0 Å². The number of aryl methyl sites for hydroxylation is 1. The molecular weight excluding hydrogens is 258 g/mol. The van der Waals surface area contributed by atoms with Crippen LogP contribution in [-0.2, 0) is 10.0 Å². The fraction of sp³-hybridized carbons (Fsp3) is 0.467. The Labute approximate surface area is 115 Å². The van der Waals surface area contributed by atoms with Crippen molar-refractivity contribution >= 4 is 10.0 Å². The van der Waals surface area contributed by atoms with Crippen molar-refractivity contribution in [3.63, 3.8) is 0 Å². The van der Waals surface area contributed by atoms with Crippen LogP contribution in [0, 0.1) is 6.92 Å². The minimum Gasteiger partial charge on any atom is -0.207 e. The Balaban J connectivity index is 2.24. The van der Waals surface area contributed by atoms with Gasteiger partial charge in [0.05, 0.1) is 4.90 Å². The third-order valence-corrected chi connectivity index (χ3v) is 5.37. The third kappa shape index (κ3) is 3.25. The van der Waals surface area contributed by atoms with Gasteiger partial charge >= 0.3 is 0 Å². The van der Waals surface area contributed by atoms with Gasteiger partial charge in [0.2, 0.25) is 10.0 Å². The molecule has 104 valence electrons. The Bertz CT molecular complexity index is 540. The molecule has 1 aliphatic carbocycles. The quantitative estimate of drug-likeness (QED) is 0.842. The van der Waals surface area contributed by atoms with Gasteiger partial charge in [-0.2, -0.15) is 0 Å². The summed E-state index contributed by atoms with van der Waals surface area (Å²) in [5.41, 5.74) is 0.728. The summed E-state index contributed by atoms with van der Waals surface area (Å²) in [6.07, 6.45) is 6.43. The predicted molar refractivity (Wildman–Crippen MR) is 77.5 cm³/mol. The molecule has 0 radical (unpaired) electrons. The molecule has 1 aliphatic rings. The molecule has 1 fully saturated rings. The molecule has 0 amide bonds. The summed E-state index contributed by atoms with van der Waals surface area (Å²) >= 11 is 0. The zero-order valence-electron chi connectivity index (χ0n) is 11.4. The Morgan fingerprint density at radius 1 is 1.26 bits per heavy atom. The molecule has 2 rings (SSSR count). The van der Waals surface area contributed by atoms with Crippen molar-refractivity contribution in [2.24, 2.45) is 0 Å². The van der Waals surface area contributed by atoms with Crippen LogP contribution in [0.15, 0.2) is 41.8 Å². The van der Waals surface area contributed by atoms with Crippen molar-refractivity contribution in [2.75, 3.05) is 0 Å². The van der Waals surface area contributed by atoms with Crippen LogP contribution >= 0.6 is 0 Å². The van der Waals surface area contributed by atoms with E-state index in [1.165, 1.54) is 0 Å². The number of hydrogen-bond acceptors (Lipinski definition) is 2. The molecule has 0 atom stereocenters. The standard InChI is InChI=1S/C15H21NO2S/c1-3-10-15(11-4-5-12-15)16-19(17,18)14-8-6-13(2)7-9-14/h3,6-9,16H,1,4-5,10-12H2,2H3. The van der Waals surface area contributed by atoms with Gasteiger partial charge in [-0.1, -0.05) is 36.6 Å². The summed E-state index contributed by atoms with van der Waals surface area (Å²) < 4.78 is 27.8. The van der Waals surface area contributed by atoms with Crippen molar-refractivity contribution in [1.29, 1.82) is 0 Å². The molecule has 0 bridgehead atoms. The smallest absolute Gasteiger partial charge is 0.207 e. The maximum atomic E-state index is 12.4. The molecular formula is C15H21NO2S. The van der Waals surface area contributed by atoms with Crippen LogP contribution in [0.1, 0.15) is 37.7 Å². The van der Waals surface area contributed by atoms with Crippen LogP contribution in [0.5, 0.6) is 0 Å². The van der Waals surface area contributed by atoms with Gasteiger partial charge in [-0.05, 0) is 38.3 Å². The third-order valence-electron chi connectivity index (χ3n) is 3.78. The molecule has 0 unspecified atom stereocenters. The average molecular weight is 279 g/mol. The molecule has 0 saturated heterocycles. The number of rotatable bonds is 5. The normalized spacial score (nSPS) is 18.4. The van der Waals surface area contributed by atoms with Crippen LogP contribution in [0.2, 0.25) is 0 Å². The molecule has 0 spiro atoms. The van der Waals surface area contributed by atoms with E-state index in [1.807, 2.05) is 25.1 Å². The highest BCUT2D eigenvalue weighted by atomic mass is 32.2. The fourth-order valence-corrected chi connectivity index (χ4v) is 4.21. The van der Waals surface area contributed by atoms with E-state index in [1.54, 1.807) is 12.1 Å². The highest BCUT2D eigenvalue weighted by Gasteiger charge is 2.36. The van der Waals surface area contributed by atoms with E-state index in [4.69, 9.17) is 0 Å². The van der Waals surface area contributed by atoms with Crippen LogP contribution in [0.4, 0.5) is 0 Å². The zero-order chi connectivity index (χ0) is 13.9. The zero-order valence-corrected chi connectivity index (χ0v) is 12.2. The highest BCUT2D eigenvalue weighted by molar-refractivity contribution is 7.89. The van der Waals surface area contributed by atoms with Crippen molar-refractivity contribution in [1.82, 2.24) is 4.72 Å². The summed E-state index contributed by atoms with van der Waals surface area (Å²) in [6, 6.07) is 6.97. The highest BCUT2D eigenvalue weighted by Crippen LogP contribution is 2.34. The van der Waals surface area contributed by atoms with E-state index in [0.29, 0.717) is 11.3 Å². The topological polar surface area (TPSA) is 46.2 Å². The van der Waals surface area contributed by atoms with E-state index in [-0.39, 0.29) is 5.54 Å². The molecule has 1 aromatic carbocycles. The Morgan fingerprint density at radius 3 is 2.37 bits per heavy atom. The van der Waals surface area contributed by atoms with Crippen molar-refractivity contribution < 1.29 is 8.42 Å². The van der Waals surface area contributed by atoms with Gasteiger partial charge in [-0.3, -0.25) is 0 Å². The van der Waals surface area contributed by atoms with E-state index < -0.39 is 10.0 Å². The largest absolute Gasteiger partial charge is 0.241 e. The Kier molecular flexibility index (Phi) is 4.11. The summed E-state index contributed by atoms with van der Waals surface area (Å²) in [6.45, 7) is 5.69. The predicted octanol–water partition coefficient (Wildman–Crippen LogP) is 3.16. The second-order valence-electron chi connectivity index (χ2n) is 5.40. The maximum absolute atomic E-state index is 12.4. The van der Waals surface area contributed by atoms with E-state index in [0.717, 1.165) is 31.2 Å². The van der Waals surface area contributed by atoms with Gasteiger partial charge in [0.15, 0.2) is 0 Å². The molecule has 4 heteroatoms. The number of benzene rings is 1. The van der Waals surface area contributed by atoms with Crippen LogP contribution in [-0.4, -0.2) is 14.0 Å². The molecule has 1 N–H and O–H groups in total. The molecule has 19 heavy (non-hydrogen) atoms. The summed E-state index contributed by atoms with van der Waals surface area (Å²) in [7, 11) is -3.44. The lowest BCUT2D eigenvalue weighted by atomic mass is 9.95. The van der Waals surface area contributed by atoms with Crippen molar-refractivity contribution in [3.8, 4) is 0 Å². The molecule has 1 saturated carbocycles. The number of sulfonamides is 1. The second-order valence-corrected chi connectivity index (χ2v) is 7.08. The second kappa shape index (κ2) is 5.47. The lowest BCUT2D eigenvalue weighted by Crippen LogP contribution is -2.45. The fourth-order valence-electron chi connectivity index (χ4n) is 2.74. The summed E-state index contributed by atoms with van der Waals surface area (Å²) in [4.78, 5) is 0.341. The maximum Gasteiger partial charge on any atom is 0.241 e. The first-order chi connectivity index (χ1) is 8.97. The lowest BCUT2D eigenvalue weighted by molar-refractivity contribution is 0.393. The van der Waals surface area contributed by atoms with Crippen LogP contribution in [0.25, 0.3) is 0 Å². The van der Waals surface area contributed by atoms with E-state index in [9.17, 15) is 8.42 Å². The van der Waals surface area contributed by atoms with E-state index in [2.05, 4.69) is 11.3 Å². The average Bonchev–Trinajstić information content (AvgIpc) is 2.77. The first-order valence-electron chi connectivity index (χ1n) is 6.69. The molecule has 0 aliphatic heterocycles. The summed E-state index contributed by atoms with van der Waals surface area (Å²) in [5.74, 6) is 0. The monoisotopic (exact) mass is 279 g/mol. The van der Waals surface area contributed by atoms with Gasteiger partial charge in [-0.25, -0.2) is 13.1 Å². The summed E-state index contributed by atoms with van der Waals surface area (Å²) in [5, 5.41) is 0. The molecule has 3 nitrogen and oxygen atoms in total. The molecule has 1 aromatic rings. The minimum atomic E-state index is -3.44. The molecule has 0 heterocycles. The number of nitrogens with one attached hydrogen (secondary N) is 1. The van der Waals surface area contributed by atoms with Crippen LogP contribution < -0.4 is 4.72 Å².